The third kappa shape index (κ3) is 4.75. The molecule has 0 aromatic heterocycles. The van der Waals surface area contributed by atoms with Gasteiger partial charge in [-0.25, -0.2) is 5.84 Å². The van der Waals surface area contributed by atoms with Gasteiger partial charge in [0, 0.05) is 13.0 Å². The molecule has 4 heteroatoms. The number of rotatable bonds is 4. The van der Waals surface area contributed by atoms with Gasteiger partial charge in [0.05, 0.1) is 13.2 Å². The van der Waals surface area contributed by atoms with E-state index in [9.17, 15) is 0 Å². The molecule has 0 aliphatic carbocycles. The van der Waals surface area contributed by atoms with E-state index in [0.29, 0.717) is 19.1 Å². The normalized spacial score (nSPS) is 12.3. The van der Waals surface area contributed by atoms with Crippen molar-refractivity contribution in [3.05, 3.63) is 0 Å². The summed E-state index contributed by atoms with van der Waals surface area (Å²) in [7, 11) is 1.65. The van der Waals surface area contributed by atoms with Crippen molar-refractivity contribution in [1.29, 1.82) is 0 Å². The summed E-state index contributed by atoms with van der Waals surface area (Å²) in [4.78, 5) is 4.19. The number of hydrogen-bond acceptors (Lipinski definition) is 3. The molecule has 0 bridgehead atoms. The van der Waals surface area contributed by atoms with Gasteiger partial charge in [-0.2, -0.15) is 0 Å². The molecule has 0 heterocycles. The molecule has 11 heavy (non-hydrogen) atoms. The molecular weight excluding hydrogens is 142 g/mol. The molecule has 0 saturated heterocycles. The molecule has 4 nitrogen and oxygen atoms in total. The van der Waals surface area contributed by atoms with Crippen LogP contribution in [0, 0.1) is 5.92 Å². The number of methoxy groups -OCH3 is 1. The van der Waals surface area contributed by atoms with Crippen LogP contribution in [0.25, 0.3) is 0 Å². The van der Waals surface area contributed by atoms with Gasteiger partial charge in [0.15, 0.2) is 0 Å². The number of amidine groups is 1. The SMILES string of the molecule is COCCN=C(NN)C(C)C. The minimum atomic E-state index is 0.344. The van der Waals surface area contributed by atoms with Crippen molar-refractivity contribution >= 4 is 5.84 Å². The maximum atomic E-state index is 5.23. The van der Waals surface area contributed by atoms with Crippen molar-refractivity contribution < 1.29 is 4.74 Å². The lowest BCUT2D eigenvalue weighted by Crippen LogP contribution is -2.34. The molecule has 0 radical (unpaired) electrons. The van der Waals surface area contributed by atoms with Crippen LogP contribution >= 0.6 is 0 Å². The Morgan fingerprint density at radius 2 is 2.27 bits per heavy atom. The van der Waals surface area contributed by atoms with E-state index in [0.717, 1.165) is 5.84 Å². The summed E-state index contributed by atoms with van der Waals surface area (Å²) < 4.78 is 4.84. The second-order valence-electron chi connectivity index (χ2n) is 2.56. The molecule has 0 unspecified atom stereocenters. The fraction of sp³-hybridized carbons (Fsp3) is 0.857. The maximum Gasteiger partial charge on any atom is 0.113 e. The number of nitrogens with two attached hydrogens (primary N) is 1. The van der Waals surface area contributed by atoms with Gasteiger partial charge in [-0.1, -0.05) is 13.8 Å². The average molecular weight is 159 g/mol. The zero-order chi connectivity index (χ0) is 8.69. The van der Waals surface area contributed by atoms with Gasteiger partial charge in [-0.15, -0.1) is 0 Å². The fourth-order valence-corrected chi connectivity index (χ4v) is 0.652. The van der Waals surface area contributed by atoms with Crippen LogP contribution in [0.4, 0.5) is 0 Å². The predicted octanol–water partition coefficient (Wildman–Crippen LogP) is 0.151. The number of hydrazine groups is 1. The molecule has 0 rings (SSSR count). The average Bonchev–Trinajstić information content (AvgIpc) is 1.97. The molecule has 0 saturated carbocycles. The van der Waals surface area contributed by atoms with Crippen LogP contribution in [0.3, 0.4) is 0 Å². The second kappa shape index (κ2) is 6.12. The number of ether oxygens (including phenoxy) is 1. The van der Waals surface area contributed by atoms with Crippen LogP contribution in [0.15, 0.2) is 4.99 Å². The highest BCUT2D eigenvalue weighted by Crippen LogP contribution is 1.92. The van der Waals surface area contributed by atoms with E-state index in [1.165, 1.54) is 0 Å². The first-order valence-electron chi connectivity index (χ1n) is 3.72. The highest BCUT2D eigenvalue weighted by Gasteiger charge is 2.00. The van der Waals surface area contributed by atoms with E-state index in [-0.39, 0.29) is 0 Å². The van der Waals surface area contributed by atoms with Gasteiger partial charge in [0.25, 0.3) is 0 Å². The summed E-state index contributed by atoms with van der Waals surface area (Å²) in [6.07, 6.45) is 0. The Kier molecular flexibility index (Phi) is 5.78. The number of nitrogens with one attached hydrogen (secondary N) is 1. The van der Waals surface area contributed by atoms with Crippen molar-refractivity contribution in [2.24, 2.45) is 16.8 Å². The Bertz CT molecular complexity index is 123. The summed E-state index contributed by atoms with van der Waals surface area (Å²) in [5.74, 6) is 6.40. The first-order chi connectivity index (χ1) is 5.22. The lowest BCUT2D eigenvalue weighted by molar-refractivity contribution is 0.208. The highest BCUT2D eigenvalue weighted by molar-refractivity contribution is 5.83. The van der Waals surface area contributed by atoms with Gasteiger partial charge >= 0.3 is 0 Å². The standard InChI is InChI=1S/C7H17N3O/c1-6(2)7(10-8)9-4-5-11-3/h6H,4-5,8H2,1-3H3,(H,9,10). The van der Waals surface area contributed by atoms with Gasteiger partial charge in [-0.05, 0) is 0 Å². The first-order valence-corrected chi connectivity index (χ1v) is 3.72. The van der Waals surface area contributed by atoms with E-state index in [1.54, 1.807) is 7.11 Å². The van der Waals surface area contributed by atoms with Gasteiger partial charge in [0.2, 0.25) is 0 Å². The molecule has 0 amide bonds. The third-order valence-corrected chi connectivity index (χ3v) is 1.27. The quantitative estimate of drug-likeness (QED) is 0.202. The van der Waals surface area contributed by atoms with Crippen molar-refractivity contribution in [2.45, 2.75) is 13.8 Å². The summed E-state index contributed by atoms with van der Waals surface area (Å²) in [6.45, 7) is 5.36. The summed E-state index contributed by atoms with van der Waals surface area (Å²) in [5, 5.41) is 0. The van der Waals surface area contributed by atoms with E-state index >= 15 is 0 Å². The van der Waals surface area contributed by atoms with E-state index < -0.39 is 0 Å². The number of nitrogens with zero attached hydrogens (tertiary/aromatic N) is 1. The monoisotopic (exact) mass is 159 g/mol. The topological polar surface area (TPSA) is 59.6 Å². The predicted molar refractivity (Wildman–Crippen MR) is 46.3 cm³/mol. The van der Waals surface area contributed by atoms with Crippen LogP contribution in [0.5, 0.6) is 0 Å². The van der Waals surface area contributed by atoms with Crippen LogP contribution in [-0.4, -0.2) is 26.1 Å². The third-order valence-electron chi connectivity index (χ3n) is 1.27. The smallest absolute Gasteiger partial charge is 0.113 e. The van der Waals surface area contributed by atoms with Crippen molar-refractivity contribution in [1.82, 2.24) is 5.43 Å². The molecule has 0 aromatic carbocycles. The Morgan fingerprint density at radius 3 is 2.64 bits per heavy atom. The molecular formula is C7H17N3O. The van der Waals surface area contributed by atoms with Crippen LogP contribution < -0.4 is 11.3 Å². The van der Waals surface area contributed by atoms with E-state index in [1.807, 2.05) is 13.8 Å². The Morgan fingerprint density at radius 1 is 1.64 bits per heavy atom. The lowest BCUT2D eigenvalue weighted by Gasteiger charge is -2.08. The van der Waals surface area contributed by atoms with Crippen LogP contribution in [0.2, 0.25) is 0 Å². The van der Waals surface area contributed by atoms with Gasteiger partial charge in [-0.3, -0.25) is 4.99 Å². The molecule has 0 aliphatic rings. The first kappa shape index (κ1) is 10.4. The maximum absolute atomic E-state index is 5.23. The fourth-order valence-electron chi connectivity index (χ4n) is 0.652. The van der Waals surface area contributed by atoms with Crippen molar-refractivity contribution in [3.8, 4) is 0 Å². The highest BCUT2D eigenvalue weighted by atomic mass is 16.5. The summed E-state index contributed by atoms with van der Waals surface area (Å²) >= 11 is 0. The van der Waals surface area contributed by atoms with E-state index in [2.05, 4.69) is 10.4 Å². The van der Waals surface area contributed by atoms with Crippen LogP contribution in [0.1, 0.15) is 13.8 Å². The largest absolute Gasteiger partial charge is 0.383 e. The molecule has 0 aliphatic heterocycles. The minimum Gasteiger partial charge on any atom is -0.383 e. The Hall–Kier alpha value is -0.610. The molecule has 3 N–H and O–H groups in total. The summed E-state index contributed by atoms with van der Waals surface area (Å²) in [6, 6.07) is 0. The molecule has 0 atom stereocenters. The molecule has 66 valence electrons. The minimum absolute atomic E-state index is 0.344. The lowest BCUT2D eigenvalue weighted by atomic mass is 10.2. The summed E-state index contributed by atoms with van der Waals surface area (Å²) in [5.41, 5.74) is 2.55. The molecule has 0 aromatic rings. The van der Waals surface area contributed by atoms with Gasteiger partial charge in [0.1, 0.15) is 5.84 Å². The zero-order valence-electron chi connectivity index (χ0n) is 7.42. The van der Waals surface area contributed by atoms with Crippen LogP contribution in [-0.2, 0) is 4.74 Å². The van der Waals surface area contributed by atoms with Crippen molar-refractivity contribution in [3.63, 3.8) is 0 Å². The Balaban J connectivity index is 3.71. The molecule has 0 fully saturated rings. The molecule has 0 spiro atoms. The Labute approximate surface area is 67.8 Å². The van der Waals surface area contributed by atoms with Crippen molar-refractivity contribution in [2.75, 3.05) is 20.3 Å². The van der Waals surface area contributed by atoms with Gasteiger partial charge < -0.3 is 10.2 Å². The van der Waals surface area contributed by atoms with E-state index in [4.69, 9.17) is 10.6 Å². The number of hydrogen-bond donors (Lipinski definition) is 2. The second-order valence-corrected chi connectivity index (χ2v) is 2.56. The number of aliphatic imine (C=N–C) groups is 1. The zero-order valence-corrected chi connectivity index (χ0v) is 7.42.